The summed E-state index contributed by atoms with van der Waals surface area (Å²) in [5, 5.41) is 3.00. The van der Waals surface area contributed by atoms with E-state index in [2.05, 4.69) is 5.32 Å². The molecule has 1 saturated heterocycles. The molecule has 8 nitrogen and oxygen atoms in total. The zero-order valence-electron chi connectivity index (χ0n) is 20.2. The van der Waals surface area contributed by atoms with Gasteiger partial charge in [-0.3, -0.25) is 14.5 Å². The maximum absolute atomic E-state index is 12.5. The van der Waals surface area contributed by atoms with Gasteiger partial charge in [0.15, 0.2) is 6.61 Å². The Morgan fingerprint density at radius 2 is 1.64 bits per heavy atom. The predicted octanol–water partition coefficient (Wildman–Crippen LogP) is 2.68. The molecule has 1 fully saturated rings. The van der Waals surface area contributed by atoms with Crippen LogP contribution in [0.15, 0.2) is 24.3 Å². The Labute approximate surface area is 195 Å². The topological polar surface area (TPSA) is 83.9 Å². The van der Waals surface area contributed by atoms with Gasteiger partial charge in [-0.1, -0.05) is 18.2 Å². The summed E-state index contributed by atoms with van der Waals surface area (Å²) in [6.07, 6.45) is 0. The Bertz CT molecular complexity index is 1020. The van der Waals surface area contributed by atoms with E-state index in [1.807, 2.05) is 62.3 Å². The van der Waals surface area contributed by atoms with Crippen molar-refractivity contribution in [2.75, 3.05) is 44.6 Å². The Hall–Kier alpha value is -3.13. The number of hydrogen-bond donors (Lipinski definition) is 1. The van der Waals surface area contributed by atoms with Gasteiger partial charge in [0.05, 0.1) is 12.1 Å². The molecule has 1 N–H and O–H groups in total. The molecule has 1 aliphatic heterocycles. The molecule has 0 radical (unpaired) electrons. The van der Waals surface area contributed by atoms with Gasteiger partial charge in [-0.05, 0) is 51.8 Å². The highest BCUT2D eigenvalue weighted by atomic mass is 16.5. The van der Waals surface area contributed by atoms with E-state index in [-0.39, 0.29) is 25.0 Å². The molecule has 3 rings (SSSR count). The van der Waals surface area contributed by atoms with E-state index in [0.29, 0.717) is 31.7 Å². The van der Waals surface area contributed by atoms with Crippen molar-refractivity contribution >= 4 is 23.5 Å². The van der Waals surface area contributed by atoms with Crippen LogP contribution in [0.3, 0.4) is 0 Å². The van der Waals surface area contributed by atoms with E-state index in [9.17, 15) is 14.4 Å². The average molecular weight is 455 g/mol. The standard InChI is InChI=1S/C25H34N4O4/c1-6-29-19(4)14-21(20(29)5)25(32)33-16-23(31)28-12-10-27(11-13-28)15-22(30)26-24-17(2)8-7-9-18(24)3/h7-9,14H,6,10-13,15-16H2,1-5H3,(H,26,30). The lowest BCUT2D eigenvalue weighted by atomic mass is 10.1. The molecule has 0 unspecified atom stereocenters. The third-order valence-corrected chi connectivity index (χ3v) is 6.27. The summed E-state index contributed by atoms with van der Waals surface area (Å²) >= 11 is 0. The summed E-state index contributed by atoms with van der Waals surface area (Å²) in [6, 6.07) is 7.72. The zero-order valence-corrected chi connectivity index (χ0v) is 20.2. The van der Waals surface area contributed by atoms with Crippen molar-refractivity contribution in [3.8, 4) is 0 Å². The monoisotopic (exact) mass is 454 g/mol. The lowest BCUT2D eigenvalue weighted by molar-refractivity contribution is -0.136. The van der Waals surface area contributed by atoms with Crippen molar-refractivity contribution < 1.29 is 19.1 Å². The number of carbonyl (C=O) groups is 3. The second kappa shape index (κ2) is 10.7. The first-order valence-electron chi connectivity index (χ1n) is 11.4. The number of amides is 2. The summed E-state index contributed by atoms with van der Waals surface area (Å²) in [5.74, 6) is -0.754. The molecule has 0 spiro atoms. The fourth-order valence-corrected chi connectivity index (χ4v) is 4.34. The van der Waals surface area contributed by atoms with Gasteiger partial charge in [0.1, 0.15) is 0 Å². The predicted molar refractivity (Wildman–Crippen MR) is 127 cm³/mol. The average Bonchev–Trinajstić information content (AvgIpc) is 3.08. The molecule has 0 bridgehead atoms. The molecule has 2 amide bonds. The number of nitrogens with one attached hydrogen (secondary N) is 1. The fourth-order valence-electron chi connectivity index (χ4n) is 4.34. The van der Waals surface area contributed by atoms with Crippen molar-refractivity contribution in [1.29, 1.82) is 0 Å². The summed E-state index contributed by atoms with van der Waals surface area (Å²) in [7, 11) is 0. The van der Waals surface area contributed by atoms with Crippen molar-refractivity contribution in [2.24, 2.45) is 0 Å². The third kappa shape index (κ3) is 5.82. The van der Waals surface area contributed by atoms with Gasteiger partial charge >= 0.3 is 5.97 Å². The van der Waals surface area contributed by atoms with Crippen LogP contribution < -0.4 is 5.32 Å². The molecule has 33 heavy (non-hydrogen) atoms. The van der Waals surface area contributed by atoms with E-state index >= 15 is 0 Å². The minimum atomic E-state index is -0.474. The summed E-state index contributed by atoms with van der Waals surface area (Å²) in [6.45, 7) is 12.8. The van der Waals surface area contributed by atoms with Crippen LogP contribution in [0.25, 0.3) is 0 Å². The number of esters is 1. The molecule has 1 aromatic heterocycles. The van der Waals surface area contributed by atoms with Crippen LogP contribution in [0.4, 0.5) is 5.69 Å². The second-order valence-electron chi connectivity index (χ2n) is 8.58. The summed E-state index contributed by atoms with van der Waals surface area (Å²) in [4.78, 5) is 41.2. The fraction of sp³-hybridized carbons (Fsp3) is 0.480. The van der Waals surface area contributed by atoms with Crippen LogP contribution in [-0.4, -0.2) is 71.5 Å². The number of para-hydroxylation sites is 1. The quantitative estimate of drug-likeness (QED) is 0.651. The Morgan fingerprint density at radius 3 is 2.21 bits per heavy atom. The van der Waals surface area contributed by atoms with Crippen LogP contribution in [-0.2, 0) is 20.9 Å². The first kappa shape index (κ1) is 24.5. The normalized spacial score (nSPS) is 14.3. The number of carbonyl (C=O) groups excluding carboxylic acids is 3. The number of piperazine rings is 1. The van der Waals surface area contributed by atoms with Gasteiger partial charge in [0.25, 0.3) is 5.91 Å². The highest BCUT2D eigenvalue weighted by Gasteiger charge is 2.24. The molecule has 2 aromatic rings. The van der Waals surface area contributed by atoms with Gasteiger partial charge < -0.3 is 19.5 Å². The van der Waals surface area contributed by atoms with Crippen molar-refractivity contribution in [1.82, 2.24) is 14.4 Å². The number of aromatic nitrogens is 1. The van der Waals surface area contributed by atoms with Gasteiger partial charge in [-0.25, -0.2) is 4.79 Å². The van der Waals surface area contributed by atoms with E-state index in [1.54, 1.807) is 11.0 Å². The smallest absolute Gasteiger partial charge is 0.340 e. The zero-order chi connectivity index (χ0) is 24.1. The third-order valence-electron chi connectivity index (χ3n) is 6.27. The minimum absolute atomic E-state index is 0.0641. The molecule has 0 aliphatic carbocycles. The maximum Gasteiger partial charge on any atom is 0.340 e. The molecule has 0 saturated carbocycles. The largest absolute Gasteiger partial charge is 0.452 e. The van der Waals surface area contributed by atoms with Gasteiger partial charge in [0.2, 0.25) is 5.91 Å². The van der Waals surface area contributed by atoms with Crippen molar-refractivity contribution in [2.45, 2.75) is 41.2 Å². The molecular weight excluding hydrogens is 420 g/mol. The summed E-state index contributed by atoms with van der Waals surface area (Å²) < 4.78 is 7.33. The van der Waals surface area contributed by atoms with E-state index in [0.717, 1.165) is 34.7 Å². The number of rotatable bonds is 7. The highest BCUT2D eigenvalue weighted by Crippen LogP contribution is 2.19. The Kier molecular flexibility index (Phi) is 7.92. The lowest BCUT2D eigenvalue weighted by Crippen LogP contribution is -2.51. The SMILES string of the molecule is CCn1c(C)cc(C(=O)OCC(=O)N2CCN(CC(=O)Nc3c(C)cccc3C)CC2)c1C. The Morgan fingerprint density at radius 1 is 1.00 bits per heavy atom. The molecule has 8 heteroatoms. The van der Waals surface area contributed by atoms with E-state index < -0.39 is 5.97 Å². The number of anilines is 1. The van der Waals surface area contributed by atoms with E-state index in [1.165, 1.54) is 0 Å². The molecule has 0 atom stereocenters. The first-order valence-corrected chi connectivity index (χ1v) is 11.4. The van der Waals surface area contributed by atoms with Crippen LogP contribution >= 0.6 is 0 Å². The van der Waals surface area contributed by atoms with Gasteiger partial charge in [-0.15, -0.1) is 0 Å². The van der Waals surface area contributed by atoms with Gasteiger partial charge in [0, 0.05) is 49.8 Å². The molecule has 2 heterocycles. The first-order chi connectivity index (χ1) is 15.7. The molecule has 1 aliphatic rings. The number of ether oxygens (including phenoxy) is 1. The van der Waals surface area contributed by atoms with Crippen molar-refractivity contribution in [3.63, 3.8) is 0 Å². The summed E-state index contributed by atoms with van der Waals surface area (Å²) in [5.41, 5.74) is 5.26. The molecular formula is C25H34N4O4. The maximum atomic E-state index is 12.5. The van der Waals surface area contributed by atoms with Crippen LogP contribution in [0, 0.1) is 27.7 Å². The highest BCUT2D eigenvalue weighted by molar-refractivity contribution is 5.94. The number of aryl methyl sites for hydroxylation is 3. The minimum Gasteiger partial charge on any atom is -0.452 e. The van der Waals surface area contributed by atoms with Crippen LogP contribution in [0.2, 0.25) is 0 Å². The second-order valence-corrected chi connectivity index (χ2v) is 8.58. The molecule has 178 valence electrons. The number of nitrogens with zero attached hydrogens (tertiary/aromatic N) is 3. The number of hydrogen-bond acceptors (Lipinski definition) is 5. The number of benzene rings is 1. The van der Waals surface area contributed by atoms with Crippen LogP contribution in [0.1, 0.15) is 39.8 Å². The van der Waals surface area contributed by atoms with Crippen LogP contribution in [0.5, 0.6) is 0 Å². The molecule has 1 aromatic carbocycles. The van der Waals surface area contributed by atoms with Gasteiger partial charge in [-0.2, -0.15) is 0 Å². The van der Waals surface area contributed by atoms with E-state index in [4.69, 9.17) is 4.74 Å². The van der Waals surface area contributed by atoms with Crippen molar-refractivity contribution in [3.05, 3.63) is 52.3 Å². The Balaban J connectivity index is 1.44. The lowest BCUT2D eigenvalue weighted by Gasteiger charge is -2.34.